The summed E-state index contributed by atoms with van der Waals surface area (Å²) in [6.45, 7) is 2.48. The van der Waals surface area contributed by atoms with Crippen molar-refractivity contribution in [1.82, 2.24) is 41.7 Å². The fourth-order valence-corrected chi connectivity index (χ4v) is 13.1. The number of hydrogen-bond acceptors (Lipinski definition) is 37. The molecule has 0 saturated carbocycles. The molecule has 0 bridgehead atoms. The Bertz CT molecular complexity index is 3970. The van der Waals surface area contributed by atoms with Crippen LogP contribution in [0.1, 0.15) is 113 Å². The summed E-state index contributed by atoms with van der Waals surface area (Å²) in [6, 6.07) is 3.97. The summed E-state index contributed by atoms with van der Waals surface area (Å²) in [7, 11) is 2.82. The molecule has 716 valence electrons. The molecule has 3 aromatic rings. The van der Waals surface area contributed by atoms with E-state index in [1.807, 2.05) is 0 Å². The molecule has 2 aliphatic rings. The quantitative estimate of drug-likeness (QED) is 0.0110. The van der Waals surface area contributed by atoms with Gasteiger partial charge in [0.2, 0.25) is 53.2 Å². The molecular formula is C81H123FN8O36S. The van der Waals surface area contributed by atoms with Crippen LogP contribution in [0.2, 0.25) is 0 Å². The molecule has 3 heterocycles. The van der Waals surface area contributed by atoms with Gasteiger partial charge in [-0.15, -0.1) is 11.3 Å². The van der Waals surface area contributed by atoms with Crippen LogP contribution in [0.3, 0.4) is 0 Å². The van der Waals surface area contributed by atoms with Crippen molar-refractivity contribution in [1.29, 1.82) is 0 Å². The summed E-state index contributed by atoms with van der Waals surface area (Å²) in [5.74, 6) is -8.21. The van der Waals surface area contributed by atoms with Gasteiger partial charge < -0.3 is 154 Å². The minimum Gasteiger partial charge on any atom is -0.493 e. The zero-order valence-electron chi connectivity index (χ0n) is 72.6. The average molecular weight is 1840 g/mol. The molecule has 16 N–H and O–H groups in total. The summed E-state index contributed by atoms with van der Waals surface area (Å²) in [5.41, 5.74) is 0.669. The van der Waals surface area contributed by atoms with Crippen molar-refractivity contribution in [2.75, 3.05) is 186 Å². The SMILES string of the molecule is [3H]C1CC(=O)N(CC(=O)N[C@@H](CCC(=O)NCCOCCOCCOCCOCCOCCOCCOCCOCCC(=O)N[C@@H](CCC(=O)NC[C@H](O)[C@@H](O)[C@H](O)[C@H](O)CO)C(=O)NC[C@H](O)[C@@H](O)[C@H](O)[C@H](O)CO)C(=O)NC[C@H](C)OC(=O)CCC(=O)N2Cc3cc(OC)c(OCCCOc4cc5cc(C(=O)CCC(=O)OCC)sc5cc4OC)c(F)c3C2)C1=O. The van der Waals surface area contributed by atoms with Crippen LogP contribution < -0.4 is 50.8 Å². The highest BCUT2D eigenvalue weighted by Crippen LogP contribution is 2.40. The lowest BCUT2D eigenvalue weighted by atomic mass is 10.0. The maximum absolute atomic E-state index is 16.2. The third-order valence-corrected chi connectivity index (χ3v) is 20.2. The number of rotatable bonds is 70. The van der Waals surface area contributed by atoms with Crippen LogP contribution >= 0.6 is 11.3 Å². The molecule has 1 fully saturated rings. The number of nitrogens with zero attached hydrogens (tertiary/aromatic N) is 2. The van der Waals surface area contributed by atoms with E-state index >= 15 is 4.39 Å². The third kappa shape index (κ3) is 40.2. The largest absolute Gasteiger partial charge is 0.493 e. The van der Waals surface area contributed by atoms with Gasteiger partial charge in [0.1, 0.15) is 61.4 Å². The Labute approximate surface area is 737 Å². The maximum atomic E-state index is 16.2. The van der Waals surface area contributed by atoms with Crippen LogP contribution in [0.5, 0.6) is 23.0 Å². The minimum absolute atomic E-state index is 0.00229. The predicted molar refractivity (Wildman–Crippen MR) is 440 cm³/mol. The Balaban J connectivity index is 0.874. The van der Waals surface area contributed by atoms with E-state index in [0.29, 0.717) is 53.1 Å². The lowest BCUT2D eigenvalue weighted by Gasteiger charge is -2.26. The van der Waals surface area contributed by atoms with E-state index in [-0.39, 0.29) is 206 Å². The van der Waals surface area contributed by atoms with Crippen molar-refractivity contribution >= 4 is 92.3 Å². The highest BCUT2D eigenvalue weighted by molar-refractivity contribution is 7.20. The van der Waals surface area contributed by atoms with Crippen molar-refractivity contribution in [3.05, 3.63) is 46.1 Å². The van der Waals surface area contributed by atoms with Gasteiger partial charge in [-0.05, 0) is 55.8 Å². The van der Waals surface area contributed by atoms with Gasteiger partial charge in [-0.3, -0.25) is 62.4 Å². The van der Waals surface area contributed by atoms with Crippen LogP contribution in [0.25, 0.3) is 10.1 Å². The monoisotopic (exact) mass is 1840 g/mol. The molecule has 2 aromatic carbocycles. The van der Waals surface area contributed by atoms with E-state index in [4.69, 9.17) is 77.9 Å². The number of carbonyl (C=O) groups is 12. The van der Waals surface area contributed by atoms with Gasteiger partial charge in [0.15, 0.2) is 34.6 Å². The first-order chi connectivity index (χ1) is 61.3. The summed E-state index contributed by atoms with van der Waals surface area (Å²) in [5, 5.41) is 113. The van der Waals surface area contributed by atoms with Crippen LogP contribution in [0.4, 0.5) is 4.39 Å². The maximum Gasteiger partial charge on any atom is 0.306 e. The molecule has 12 atom stereocenters. The summed E-state index contributed by atoms with van der Waals surface area (Å²) < 4.78 is 102. The Morgan fingerprint density at radius 3 is 1.54 bits per heavy atom. The number of amides is 9. The van der Waals surface area contributed by atoms with Crippen molar-refractivity contribution in [2.45, 2.75) is 171 Å². The number of aliphatic hydroxyl groups is 10. The second-order valence-corrected chi connectivity index (χ2v) is 29.9. The van der Waals surface area contributed by atoms with Gasteiger partial charge in [-0.25, -0.2) is 4.39 Å². The number of ketones is 1. The fraction of sp³-hybridized carbons (Fsp3) is 0.679. The van der Waals surface area contributed by atoms with Crippen molar-refractivity contribution in [2.24, 2.45) is 0 Å². The Morgan fingerprint density at radius 1 is 0.512 bits per heavy atom. The number of carbonyl (C=O) groups excluding carboxylic acids is 12. The molecule has 1 unspecified atom stereocenters. The normalized spacial score (nSPS) is 15.9. The Morgan fingerprint density at radius 2 is 1.01 bits per heavy atom. The highest BCUT2D eigenvalue weighted by Gasteiger charge is 2.36. The number of benzene rings is 2. The lowest BCUT2D eigenvalue weighted by molar-refractivity contribution is -0.150. The molecule has 1 aromatic heterocycles. The Hall–Kier alpha value is -9.15. The van der Waals surface area contributed by atoms with Crippen LogP contribution in [-0.2, 0) is 113 Å². The Kier molecular flexibility index (Phi) is 50.9. The number of imide groups is 1. The number of nitrogens with one attached hydrogen (secondary N) is 6. The first-order valence-electron chi connectivity index (χ1n) is 42.1. The van der Waals surface area contributed by atoms with E-state index in [9.17, 15) is 98.4 Å². The van der Waals surface area contributed by atoms with Gasteiger partial charge in [-0.1, -0.05) is 0 Å². The van der Waals surface area contributed by atoms with Gasteiger partial charge in [-0.2, -0.15) is 0 Å². The number of methoxy groups -OCH3 is 2. The third-order valence-electron chi connectivity index (χ3n) is 19.1. The van der Waals surface area contributed by atoms with Gasteiger partial charge in [0.25, 0.3) is 0 Å². The van der Waals surface area contributed by atoms with Crippen molar-refractivity contribution in [3.8, 4) is 23.0 Å². The number of likely N-dealkylation sites (tertiary alicyclic amines) is 1. The fourth-order valence-electron chi connectivity index (χ4n) is 12.0. The first-order valence-corrected chi connectivity index (χ1v) is 42.3. The zero-order chi connectivity index (χ0) is 94.0. The van der Waals surface area contributed by atoms with Crippen molar-refractivity contribution in [3.63, 3.8) is 0 Å². The first kappa shape index (κ1) is 107. The zero-order valence-corrected chi connectivity index (χ0v) is 72.4. The topological polar surface area (TPSA) is 615 Å². The van der Waals surface area contributed by atoms with Crippen LogP contribution in [-0.4, -0.2) is 384 Å². The molecule has 46 heteroatoms. The van der Waals surface area contributed by atoms with Gasteiger partial charge >= 0.3 is 11.9 Å². The molecule has 127 heavy (non-hydrogen) atoms. The average Bonchev–Trinajstić information content (AvgIpc) is 1.61. The molecule has 0 spiro atoms. The number of aliphatic hydroxyl groups excluding tert-OH is 10. The molecule has 0 radical (unpaired) electrons. The minimum atomic E-state index is -2.01. The smallest absolute Gasteiger partial charge is 0.306 e. The van der Waals surface area contributed by atoms with Crippen molar-refractivity contribution < 1.29 is 181 Å². The lowest BCUT2D eigenvalue weighted by Crippen LogP contribution is -2.53. The molecule has 44 nitrogen and oxygen atoms in total. The number of fused-ring (bicyclic) bond motifs is 2. The van der Waals surface area contributed by atoms with Crippen LogP contribution in [0.15, 0.2) is 24.3 Å². The number of halogens is 1. The van der Waals surface area contributed by atoms with Crippen LogP contribution in [0, 0.1) is 5.82 Å². The number of hydrogen-bond donors (Lipinski definition) is 16. The number of esters is 2. The molecule has 9 amide bonds. The molecule has 1 saturated heterocycles. The standard InChI is InChI=1S/C81H123FN8O36S/c1-5-123-72(105)15-9-55(93)64-39-50-37-61(60(113-3)40-63(50)127-64)124-19-6-20-125-79-62(114-4)38-51-44-89(45-52(51)74(79)82)69(102)14-16-73(106)126-49(2)41-85-80(111)54(88-68(101)46-90-70(103)12-13-71(90)104)7-10-65(98)83-18-22-116-24-26-118-28-30-120-32-34-122-36-35-121-33-31-119-29-27-117-25-23-115-21-17-67(100)87-53(81(112)86-43-57(95)76(108)78(110)59(97)48-92)8-11-66(99)84-42-56(94)75(107)77(109)58(96)47-91/h37-40,49,53-54,56-59,75-78,91-92,94-97,107-110H,5-36,41-48H2,1-4H3,(H,83,98)(H,84,99)(H,85,111)(H,86,112)(H,87,100)(H,88,101)/t49-,53-,54-,56-,57-,58+,59+,75+,76+,77+,78+/m0/s1/i12T/t12?,49-,53-,54-,56-,57-,58+,59+,75+,76+,77+,78+. The van der Waals surface area contributed by atoms with E-state index in [0.717, 1.165) is 10.1 Å². The number of Topliss-reactive ketones (excluding diaryl/α,β-unsaturated/α-hetero) is 1. The molecule has 5 rings (SSSR count). The van der Waals surface area contributed by atoms with E-state index in [1.54, 1.807) is 31.2 Å². The summed E-state index contributed by atoms with van der Waals surface area (Å²) in [4.78, 5) is 156. The van der Waals surface area contributed by atoms with E-state index in [2.05, 4.69) is 31.9 Å². The molecule has 0 aliphatic carbocycles. The van der Waals surface area contributed by atoms with Gasteiger partial charge in [0, 0.05) is 102 Å². The predicted octanol–water partition coefficient (Wildman–Crippen LogP) is -4.48. The number of ether oxygens (including phenoxy) is 14. The van der Waals surface area contributed by atoms with E-state index in [1.165, 1.54) is 37.4 Å². The second-order valence-electron chi connectivity index (χ2n) is 28.8. The molecular weight excluding hydrogens is 1710 g/mol. The second kappa shape index (κ2) is 60.6. The molecule has 2 aliphatic heterocycles. The van der Waals surface area contributed by atoms with E-state index < -0.39 is 190 Å². The number of thiophene rings is 1. The highest BCUT2D eigenvalue weighted by atomic mass is 32.1. The van der Waals surface area contributed by atoms with Gasteiger partial charge in [0.05, 0.1) is 189 Å². The summed E-state index contributed by atoms with van der Waals surface area (Å²) in [6.07, 6.45) is -20.0. The summed E-state index contributed by atoms with van der Waals surface area (Å²) >= 11 is 1.26.